The lowest BCUT2D eigenvalue weighted by atomic mass is 9.81. The summed E-state index contributed by atoms with van der Waals surface area (Å²) in [5.74, 6) is -0.115. The molecule has 1 aliphatic heterocycles. The van der Waals surface area contributed by atoms with Crippen LogP contribution in [0.1, 0.15) is 44.1 Å². The van der Waals surface area contributed by atoms with Crippen molar-refractivity contribution in [2.24, 2.45) is 11.8 Å². The molecule has 2 fully saturated rings. The van der Waals surface area contributed by atoms with E-state index in [0.717, 1.165) is 32.3 Å². The van der Waals surface area contributed by atoms with E-state index in [2.05, 4.69) is 16.7 Å². The summed E-state index contributed by atoms with van der Waals surface area (Å²) in [7, 11) is 0. The standard InChI is InChI=1S/C20H25N3O3/c21-12-16-4-1-2-6-18(16)23-20(25)15-9-7-14(8-10-15)19(24)22-13-17-5-3-11-26-17/h1-2,4,6,14-15,17H,3,5,7-11,13H2,(H,22,24)(H,23,25). The zero-order valence-electron chi connectivity index (χ0n) is 14.9. The number of carbonyl (C=O) groups is 2. The molecule has 6 nitrogen and oxygen atoms in total. The van der Waals surface area contributed by atoms with E-state index in [9.17, 15) is 9.59 Å². The first-order chi connectivity index (χ1) is 12.7. The lowest BCUT2D eigenvalue weighted by Crippen LogP contribution is -2.38. The Morgan fingerprint density at radius 3 is 2.42 bits per heavy atom. The molecule has 138 valence electrons. The predicted molar refractivity (Wildman–Crippen MR) is 97.2 cm³/mol. The van der Waals surface area contributed by atoms with E-state index in [0.29, 0.717) is 30.6 Å². The fraction of sp³-hybridized carbons (Fsp3) is 0.550. The number of nitrogens with one attached hydrogen (secondary N) is 2. The Morgan fingerprint density at radius 2 is 1.77 bits per heavy atom. The first-order valence-electron chi connectivity index (χ1n) is 9.36. The molecule has 1 atom stereocenters. The van der Waals surface area contributed by atoms with E-state index in [1.807, 2.05) is 0 Å². The topological polar surface area (TPSA) is 91.2 Å². The molecule has 1 unspecified atom stereocenters. The number of para-hydroxylation sites is 1. The summed E-state index contributed by atoms with van der Waals surface area (Å²) in [6, 6.07) is 9.08. The number of nitrogens with zero attached hydrogens (tertiary/aromatic N) is 1. The van der Waals surface area contributed by atoms with Gasteiger partial charge >= 0.3 is 0 Å². The Morgan fingerprint density at radius 1 is 1.08 bits per heavy atom. The van der Waals surface area contributed by atoms with Gasteiger partial charge in [0, 0.05) is 25.0 Å². The summed E-state index contributed by atoms with van der Waals surface area (Å²) in [5, 5.41) is 15.0. The molecule has 1 heterocycles. The van der Waals surface area contributed by atoms with Crippen molar-refractivity contribution in [3.63, 3.8) is 0 Å². The molecule has 6 heteroatoms. The quantitative estimate of drug-likeness (QED) is 0.849. The fourth-order valence-corrected chi connectivity index (χ4v) is 3.71. The third kappa shape index (κ3) is 4.61. The average Bonchev–Trinajstić information content (AvgIpc) is 3.20. The number of nitriles is 1. The molecule has 1 aromatic rings. The van der Waals surface area contributed by atoms with E-state index >= 15 is 0 Å². The van der Waals surface area contributed by atoms with Gasteiger partial charge in [0.1, 0.15) is 6.07 Å². The molecule has 1 aromatic carbocycles. The predicted octanol–water partition coefficient (Wildman–Crippen LogP) is 2.60. The second-order valence-corrected chi connectivity index (χ2v) is 7.08. The van der Waals surface area contributed by atoms with Crippen LogP contribution in [0.3, 0.4) is 0 Å². The third-order valence-corrected chi connectivity index (χ3v) is 5.30. The molecular formula is C20H25N3O3. The van der Waals surface area contributed by atoms with Crippen molar-refractivity contribution >= 4 is 17.5 Å². The number of ether oxygens (including phenoxy) is 1. The van der Waals surface area contributed by atoms with Gasteiger partial charge in [-0.3, -0.25) is 9.59 Å². The minimum atomic E-state index is -0.107. The van der Waals surface area contributed by atoms with Crippen molar-refractivity contribution in [2.45, 2.75) is 44.6 Å². The molecule has 3 rings (SSSR count). The van der Waals surface area contributed by atoms with Gasteiger partial charge in [-0.05, 0) is 50.7 Å². The van der Waals surface area contributed by atoms with Gasteiger partial charge in [-0.2, -0.15) is 5.26 Å². The van der Waals surface area contributed by atoms with E-state index in [1.165, 1.54) is 0 Å². The molecule has 0 bridgehead atoms. The largest absolute Gasteiger partial charge is 0.376 e. The van der Waals surface area contributed by atoms with Gasteiger partial charge in [0.05, 0.1) is 17.4 Å². The number of rotatable bonds is 5. The minimum absolute atomic E-state index is 0.0214. The maximum absolute atomic E-state index is 12.5. The van der Waals surface area contributed by atoms with Crippen molar-refractivity contribution < 1.29 is 14.3 Å². The zero-order valence-corrected chi connectivity index (χ0v) is 14.9. The van der Waals surface area contributed by atoms with Crippen molar-refractivity contribution in [3.05, 3.63) is 29.8 Å². The van der Waals surface area contributed by atoms with Gasteiger partial charge in [0.25, 0.3) is 0 Å². The number of hydrogen-bond acceptors (Lipinski definition) is 4. The number of hydrogen-bond donors (Lipinski definition) is 2. The van der Waals surface area contributed by atoms with Gasteiger partial charge in [-0.15, -0.1) is 0 Å². The van der Waals surface area contributed by atoms with Crippen LogP contribution in [0.4, 0.5) is 5.69 Å². The normalized spacial score (nSPS) is 25.3. The molecule has 26 heavy (non-hydrogen) atoms. The Kier molecular flexibility index (Phi) is 6.24. The summed E-state index contributed by atoms with van der Waals surface area (Å²) in [6.45, 7) is 1.37. The highest BCUT2D eigenvalue weighted by Crippen LogP contribution is 2.30. The summed E-state index contributed by atoms with van der Waals surface area (Å²) in [4.78, 5) is 24.8. The Balaban J connectivity index is 1.44. The van der Waals surface area contributed by atoms with Crippen LogP contribution < -0.4 is 10.6 Å². The molecule has 1 saturated carbocycles. The first kappa shape index (κ1) is 18.4. The molecule has 0 radical (unpaired) electrons. The molecule has 0 aromatic heterocycles. The van der Waals surface area contributed by atoms with Gasteiger partial charge in [0.15, 0.2) is 0 Å². The molecule has 2 N–H and O–H groups in total. The van der Waals surface area contributed by atoms with E-state index in [-0.39, 0.29) is 29.8 Å². The van der Waals surface area contributed by atoms with Crippen molar-refractivity contribution in [3.8, 4) is 6.07 Å². The van der Waals surface area contributed by atoms with Gasteiger partial charge in [-0.25, -0.2) is 0 Å². The minimum Gasteiger partial charge on any atom is -0.376 e. The average molecular weight is 355 g/mol. The van der Waals surface area contributed by atoms with E-state index in [1.54, 1.807) is 24.3 Å². The number of benzene rings is 1. The lowest BCUT2D eigenvalue weighted by molar-refractivity contribution is -0.128. The first-order valence-corrected chi connectivity index (χ1v) is 9.36. The monoisotopic (exact) mass is 355 g/mol. The molecule has 2 amide bonds. The van der Waals surface area contributed by atoms with Crippen molar-refractivity contribution in [1.29, 1.82) is 5.26 Å². The van der Waals surface area contributed by atoms with Crippen LogP contribution in [-0.2, 0) is 14.3 Å². The summed E-state index contributed by atoms with van der Waals surface area (Å²) < 4.78 is 5.52. The maximum Gasteiger partial charge on any atom is 0.227 e. The highest BCUT2D eigenvalue weighted by Gasteiger charge is 2.30. The van der Waals surface area contributed by atoms with Crippen LogP contribution in [0, 0.1) is 23.2 Å². The number of amides is 2. The van der Waals surface area contributed by atoms with E-state index in [4.69, 9.17) is 10.00 Å². The van der Waals surface area contributed by atoms with E-state index < -0.39 is 0 Å². The van der Waals surface area contributed by atoms with Crippen LogP contribution in [0.15, 0.2) is 24.3 Å². The van der Waals surface area contributed by atoms with Crippen LogP contribution in [-0.4, -0.2) is 31.1 Å². The van der Waals surface area contributed by atoms with Gasteiger partial charge in [0.2, 0.25) is 11.8 Å². The Bertz CT molecular complexity index is 684. The summed E-state index contributed by atoms with van der Waals surface area (Å²) in [5.41, 5.74) is 1.01. The molecular weight excluding hydrogens is 330 g/mol. The molecule has 0 spiro atoms. The molecule has 1 aliphatic carbocycles. The zero-order chi connectivity index (χ0) is 18.4. The lowest BCUT2D eigenvalue weighted by Gasteiger charge is -2.27. The smallest absolute Gasteiger partial charge is 0.227 e. The highest BCUT2D eigenvalue weighted by atomic mass is 16.5. The second kappa shape index (κ2) is 8.81. The maximum atomic E-state index is 12.5. The molecule has 1 saturated heterocycles. The Labute approximate surface area is 153 Å². The highest BCUT2D eigenvalue weighted by molar-refractivity contribution is 5.94. The van der Waals surface area contributed by atoms with Gasteiger partial charge < -0.3 is 15.4 Å². The molecule has 2 aliphatic rings. The second-order valence-electron chi connectivity index (χ2n) is 7.08. The SMILES string of the molecule is N#Cc1ccccc1NC(=O)C1CCC(C(=O)NCC2CCCO2)CC1. The fourth-order valence-electron chi connectivity index (χ4n) is 3.71. The van der Waals surface area contributed by atoms with Gasteiger partial charge in [-0.1, -0.05) is 12.1 Å². The summed E-state index contributed by atoms with van der Waals surface area (Å²) in [6.07, 6.45) is 5.05. The number of anilines is 1. The van der Waals surface area contributed by atoms with Crippen LogP contribution >= 0.6 is 0 Å². The van der Waals surface area contributed by atoms with Crippen LogP contribution in [0.2, 0.25) is 0 Å². The van der Waals surface area contributed by atoms with Crippen molar-refractivity contribution in [2.75, 3.05) is 18.5 Å². The van der Waals surface area contributed by atoms with Crippen LogP contribution in [0.25, 0.3) is 0 Å². The van der Waals surface area contributed by atoms with Crippen molar-refractivity contribution in [1.82, 2.24) is 5.32 Å². The Hall–Kier alpha value is -2.39. The number of carbonyl (C=O) groups excluding carboxylic acids is 2. The summed E-state index contributed by atoms with van der Waals surface area (Å²) >= 11 is 0. The third-order valence-electron chi connectivity index (χ3n) is 5.30. The van der Waals surface area contributed by atoms with Crippen LogP contribution in [0.5, 0.6) is 0 Å².